The van der Waals surface area contributed by atoms with Gasteiger partial charge in [-0.2, -0.15) is 0 Å². The summed E-state index contributed by atoms with van der Waals surface area (Å²) in [5.41, 5.74) is 3.78. The van der Waals surface area contributed by atoms with E-state index in [1.165, 1.54) is 10.6 Å². The van der Waals surface area contributed by atoms with Crippen LogP contribution < -0.4 is 19.1 Å². The number of ether oxygens (including phenoxy) is 2. The van der Waals surface area contributed by atoms with Crippen LogP contribution in [-0.2, 0) is 16.6 Å². The number of aryl methyl sites for hydroxylation is 1. The normalized spacial score (nSPS) is 13.7. The van der Waals surface area contributed by atoms with Crippen molar-refractivity contribution < 1.29 is 22.7 Å². The Bertz CT molecular complexity index is 1290. The van der Waals surface area contributed by atoms with Gasteiger partial charge in [0.1, 0.15) is 13.2 Å². The SMILES string of the molecule is Cc1ccccc1CN(c1ccc(C(=O)N[C@@H](C)c2ccc3c(c2)OCCO3)cc1)S(C)(=O)=O. The molecule has 1 atom stereocenters. The van der Waals surface area contributed by atoms with Crippen LogP contribution in [0.15, 0.2) is 66.7 Å². The second kappa shape index (κ2) is 9.77. The van der Waals surface area contributed by atoms with Crippen molar-refractivity contribution >= 4 is 21.6 Å². The number of carbonyl (C=O) groups is 1. The van der Waals surface area contributed by atoms with Crippen LogP contribution in [0.3, 0.4) is 0 Å². The maximum absolute atomic E-state index is 12.8. The van der Waals surface area contributed by atoms with Crippen molar-refractivity contribution in [3.05, 3.63) is 89.0 Å². The summed E-state index contributed by atoms with van der Waals surface area (Å²) >= 11 is 0. The summed E-state index contributed by atoms with van der Waals surface area (Å²) in [7, 11) is -3.52. The summed E-state index contributed by atoms with van der Waals surface area (Å²) < 4.78 is 37.5. The molecule has 0 bridgehead atoms. The first kappa shape index (κ1) is 23.6. The number of fused-ring (bicyclic) bond motifs is 1. The van der Waals surface area contributed by atoms with Crippen LogP contribution in [0.5, 0.6) is 11.5 Å². The fraction of sp³-hybridized carbons (Fsp3) is 0.269. The van der Waals surface area contributed by atoms with Gasteiger partial charge in [0.15, 0.2) is 11.5 Å². The van der Waals surface area contributed by atoms with Crippen LogP contribution in [0.2, 0.25) is 0 Å². The van der Waals surface area contributed by atoms with Crippen molar-refractivity contribution in [2.45, 2.75) is 26.4 Å². The van der Waals surface area contributed by atoms with Crippen LogP contribution in [0.1, 0.15) is 40.0 Å². The highest BCUT2D eigenvalue weighted by molar-refractivity contribution is 7.92. The fourth-order valence-corrected chi connectivity index (χ4v) is 4.69. The molecule has 1 heterocycles. The lowest BCUT2D eigenvalue weighted by Gasteiger charge is -2.24. The highest BCUT2D eigenvalue weighted by Gasteiger charge is 2.20. The molecule has 0 spiro atoms. The first-order valence-corrected chi connectivity index (χ1v) is 12.9. The molecule has 3 aromatic carbocycles. The first-order chi connectivity index (χ1) is 16.2. The molecule has 1 aliphatic rings. The Morgan fingerprint density at radius 3 is 2.35 bits per heavy atom. The Morgan fingerprint density at radius 1 is 1.00 bits per heavy atom. The topological polar surface area (TPSA) is 84.9 Å². The molecule has 0 saturated heterocycles. The number of nitrogens with one attached hydrogen (secondary N) is 1. The minimum Gasteiger partial charge on any atom is -0.486 e. The number of amides is 1. The molecule has 34 heavy (non-hydrogen) atoms. The lowest BCUT2D eigenvalue weighted by atomic mass is 10.1. The largest absolute Gasteiger partial charge is 0.486 e. The van der Waals surface area contributed by atoms with Gasteiger partial charge in [-0.25, -0.2) is 8.42 Å². The third-order valence-electron chi connectivity index (χ3n) is 5.81. The predicted molar refractivity (Wildman–Crippen MR) is 132 cm³/mol. The van der Waals surface area contributed by atoms with Crippen molar-refractivity contribution in [1.29, 1.82) is 0 Å². The monoisotopic (exact) mass is 480 g/mol. The molecule has 1 aliphatic heterocycles. The molecule has 7 nitrogen and oxygen atoms in total. The van der Waals surface area contributed by atoms with E-state index in [9.17, 15) is 13.2 Å². The van der Waals surface area contributed by atoms with E-state index >= 15 is 0 Å². The summed E-state index contributed by atoms with van der Waals surface area (Å²) in [6, 6.07) is 19.6. The Kier molecular flexibility index (Phi) is 6.79. The molecular weight excluding hydrogens is 452 g/mol. The van der Waals surface area contributed by atoms with Crippen LogP contribution in [0.25, 0.3) is 0 Å². The van der Waals surface area contributed by atoms with Crippen LogP contribution in [-0.4, -0.2) is 33.8 Å². The second-order valence-electron chi connectivity index (χ2n) is 8.34. The number of hydrogen-bond acceptors (Lipinski definition) is 5. The van der Waals surface area contributed by atoms with E-state index in [0.717, 1.165) is 16.7 Å². The van der Waals surface area contributed by atoms with E-state index in [1.54, 1.807) is 24.3 Å². The zero-order valence-corrected chi connectivity index (χ0v) is 20.3. The lowest BCUT2D eigenvalue weighted by Crippen LogP contribution is -2.30. The van der Waals surface area contributed by atoms with Crippen molar-refractivity contribution in [3.8, 4) is 11.5 Å². The molecule has 0 aromatic heterocycles. The molecule has 4 rings (SSSR count). The van der Waals surface area contributed by atoms with E-state index in [2.05, 4.69) is 5.32 Å². The minimum atomic E-state index is -3.52. The number of anilines is 1. The van der Waals surface area contributed by atoms with Gasteiger partial charge in [-0.15, -0.1) is 0 Å². The zero-order valence-electron chi connectivity index (χ0n) is 19.4. The van der Waals surface area contributed by atoms with E-state index in [0.29, 0.717) is 36.0 Å². The molecular formula is C26H28N2O5S. The van der Waals surface area contributed by atoms with Gasteiger partial charge in [0.25, 0.3) is 5.91 Å². The van der Waals surface area contributed by atoms with Crippen molar-refractivity contribution in [2.24, 2.45) is 0 Å². The van der Waals surface area contributed by atoms with Gasteiger partial charge in [0.05, 0.1) is 24.5 Å². The third-order valence-corrected chi connectivity index (χ3v) is 6.95. The summed E-state index contributed by atoms with van der Waals surface area (Å²) in [4.78, 5) is 12.8. The van der Waals surface area contributed by atoms with Crippen LogP contribution in [0.4, 0.5) is 5.69 Å². The Morgan fingerprint density at radius 2 is 1.68 bits per heavy atom. The van der Waals surface area contributed by atoms with Gasteiger partial charge >= 0.3 is 0 Å². The number of rotatable bonds is 7. The number of sulfonamides is 1. The van der Waals surface area contributed by atoms with Crippen molar-refractivity contribution in [2.75, 3.05) is 23.8 Å². The van der Waals surface area contributed by atoms with Gasteiger partial charge in [-0.3, -0.25) is 9.10 Å². The van der Waals surface area contributed by atoms with Gasteiger partial charge in [0.2, 0.25) is 10.0 Å². The molecule has 0 radical (unpaired) electrons. The van der Waals surface area contributed by atoms with Gasteiger partial charge in [0, 0.05) is 5.56 Å². The average Bonchev–Trinajstić information content (AvgIpc) is 2.82. The number of benzene rings is 3. The molecule has 178 valence electrons. The van der Waals surface area contributed by atoms with E-state index in [1.807, 2.05) is 56.3 Å². The molecule has 0 aliphatic carbocycles. The molecule has 1 N–H and O–H groups in total. The van der Waals surface area contributed by atoms with Crippen LogP contribution in [0, 0.1) is 6.92 Å². The smallest absolute Gasteiger partial charge is 0.251 e. The predicted octanol–water partition coefficient (Wildman–Crippen LogP) is 4.22. The molecule has 0 fully saturated rings. The summed E-state index contributed by atoms with van der Waals surface area (Å²) in [6.45, 7) is 5.09. The van der Waals surface area contributed by atoms with Gasteiger partial charge in [-0.05, 0) is 66.9 Å². The van der Waals surface area contributed by atoms with E-state index in [4.69, 9.17) is 9.47 Å². The lowest BCUT2D eigenvalue weighted by molar-refractivity contribution is 0.0939. The maximum atomic E-state index is 12.8. The molecule has 3 aromatic rings. The van der Waals surface area contributed by atoms with Crippen molar-refractivity contribution in [3.63, 3.8) is 0 Å². The fourth-order valence-electron chi connectivity index (χ4n) is 3.81. The van der Waals surface area contributed by atoms with Gasteiger partial charge < -0.3 is 14.8 Å². The Hall–Kier alpha value is -3.52. The summed E-state index contributed by atoms with van der Waals surface area (Å²) in [5.74, 6) is 1.12. The molecule has 0 saturated carbocycles. The molecule has 8 heteroatoms. The maximum Gasteiger partial charge on any atom is 0.251 e. The highest BCUT2D eigenvalue weighted by Crippen LogP contribution is 2.32. The standard InChI is InChI=1S/C26H28N2O5S/c1-18-6-4-5-7-22(18)17-28(34(3,30)31)23-11-8-20(9-12-23)26(29)27-19(2)21-10-13-24-25(16-21)33-15-14-32-24/h4-13,16,19H,14-15,17H2,1-3H3,(H,27,29)/t19-/m0/s1. The summed E-state index contributed by atoms with van der Waals surface area (Å²) in [5, 5.41) is 2.98. The van der Waals surface area contributed by atoms with Crippen LogP contribution >= 0.6 is 0 Å². The third kappa shape index (κ3) is 5.34. The zero-order chi connectivity index (χ0) is 24.3. The van der Waals surface area contributed by atoms with Gasteiger partial charge in [-0.1, -0.05) is 30.3 Å². The second-order valence-corrected chi connectivity index (χ2v) is 10.2. The quantitative estimate of drug-likeness (QED) is 0.547. The Labute approximate surface area is 200 Å². The van der Waals surface area contributed by atoms with Crippen molar-refractivity contribution in [1.82, 2.24) is 5.32 Å². The Balaban J connectivity index is 1.48. The van der Waals surface area contributed by atoms with E-state index < -0.39 is 10.0 Å². The average molecular weight is 481 g/mol. The minimum absolute atomic E-state index is 0.220. The first-order valence-electron chi connectivity index (χ1n) is 11.0. The number of nitrogens with zero attached hydrogens (tertiary/aromatic N) is 1. The molecule has 0 unspecified atom stereocenters. The number of carbonyl (C=O) groups excluding carboxylic acids is 1. The van der Waals surface area contributed by atoms with E-state index in [-0.39, 0.29) is 18.5 Å². The molecule has 1 amide bonds. The summed E-state index contributed by atoms with van der Waals surface area (Å²) in [6.07, 6.45) is 1.18. The number of hydrogen-bond donors (Lipinski definition) is 1. The highest BCUT2D eigenvalue weighted by atomic mass is 32.2.